The molecule has 32 heavy (non-hydrogen) atoms. The van der Waals surface area contributed by atoms with Crippen LogP contribution in [0.4, 0.5) is 0 Å². The fourth-order valence-electron chi connectivity index (χ4n) is 4.27. The molecule has 2 heterocycles. The number of pyridine rings is 1. The smallest absolute Gasteiger partial charge is 0.129 e. The highest BCUT2D eigenvalue weighted by Gasteiger charge is 2.27. The van der Waals surface area contributed by atoms with E-state index in [2.05, 4.69) is 75.4 Å². The molecule has 5 nitrogen and oxygen atoms in total. The van der Waals surface area contributed by atoms with Gasteiger partial charge in [-0.1, -0.05) is 78.3 Å². The van der Waals surface area contributed by atoms with Crippen molar-refractivity contribution in [3.8, 4) is 0 Å². The Hall–Kier alpha value is -2.28. The van der Waals surface area contributed by atoms with Crippen molar-refractivity contribution in [1.82, 2.24) is 14.8 Å². The van der Waals surface area contributed by atoms with E-state index in [4.69, 9.17) is 16.3 Å². The van der Waals surface area contributed by atoms with Crippen LogP contribution < -0.4 is 0 Å². The van der Waals surface area contributed by atoms with E-state index in [1.807, 2.05) is 12.1 Å². The van der Waals surface area contributed by atoms with Crippen molar-refractivity contribution < 1.29 is 9.84 Å². The molecule has 0 radical (unpaired) electrons. The molecule has 3 aromatic rings. The van der Waals surface area contributed by atoms with Crippen LogP contribution in [0.25, 0.3) is 0 Å². The van der Waals surface area contributed by atoms with E-state index in [9.17, 15) is 5.11 Å². The molecule has 1 aliphatic heterocycles. The monoisotopic (exact) mass is 451 g/mol. The molecule has 0 saturated carbocycles. The summed E-state index contributed by atoms with van der Waals surface area (Å²) in [6.45, 7) is 4.99. The third kappa shape index (κ3) is 6.37. The Morgan fingerprint density at radius 2 is 1.47 bits per heavy atom. The lowest BCUT2D eigenvalue weighted by molar-refractivity contribution is -0.00144. The second kappa shape index (κ2) is 11.5. The van der Waals surface area contributed by atoms with E-state index in [0.717, 1.165) is 31.9 Å². The van der Waals surface area contributed by atoms with Crippen molar-refractivity contribution in [3.05, 3.63) is 101 Å². The molecule has 0 aliphatic carbocycles. The van der Waals surface area contributed by atoms with Crippen LogP contribution in [0.15, 0.2) is 78.9 Å². The summed E-state index contributed by atoms with van der Waals surface area (Å²) in [5, 5.41) is 10.9. The van der Waals surface area contributed by atoms with Gasteiger partial charge in [0.15, 0.2) is 0 Å². The normalized spacial score (nSPS) is 16.3. The zero-order valence-corrected chi connectivity index (χ0v) is 18.9. The third-order valence-corrected chi connectivity index (χ3v) is 6.02. The number of rotatable bonds is 9. The molecule has 0 bridgehead atoms. The Kier molecular flexibility index (Phi) is 8.26. The summed E-state index contributed by atoms with van der Waals surface area (Å²) in [7, 11) is 0. The van der Waals surface area contributed by atoms with Crippen molar-refractivity contribution in [1.29, 1.82) is 0 Å². The molecule has 1 unspecified atom stereocenters. The Morgan fingerprint density at radius 1 is 0.844 bits per heavy atom. The van der Waals surface area contributed by atoms with Crippen LogP contribution in [0.1, 0.15) is 22.9 Å². The van der Waals surface area contributed by atoms with Gasteiger partial charge in [0.1, 0.15) is 5.15 Å². The molecule has 168 valence electrons. The third-order valence-electron chi connectivity index (χ3n) is 5.80. The molecular formula is C26H30ClN3O2. The van der Waals surface area contributed by atoms with Crippen LogP contribution >= 0.6 is 11.6 Å². The molecule has 1 fully saturated rings. The van der Waals surface area contributed by atoms with Gasteiger partial charge in [-0.15, -0.1) is 0 Å². The number of hydrogen-bond donors (Lipinski definition) is 1. The average molecular weight is 452 g/mol. The number of nitrogens with zero attached hydrogens (tertiary/aromatic N) is 3. The number of aliphatic hydroxyl groups is 1. The van der Waals surface area contributed by atoms with E-state index in [1.165, 1.54) is 11.1 Å². The number of hydrogen-bond acceptors (Lipinski definition) is 5. The molecule has 1 atom stereocenters. The van der Waals surface area contributed by atoms with Gasteiger partial charge in [-0.25, -0.2) is 4.98 Å². The second-order valence-corrected chi connectivity index (χ2v) is 8.57. The largest absolute Gasteiger partial charge is 0.389 e. The van der Waals surface area contributed by atoms with E-state index < -0.39 is 6.10 Å². The molecule has 0 amide bonds. The van der Waals surface area contributed by atoms with Crippen molar-refractivity contribution in [2.75, 3.05) is 39.3 Å². The maximum Gasteiger partial charge on any atom is 0.129 e. The molecule has 1 saturated heterocycles. The molecule has 1 aliphatic rings. The quantitative estimate of drug-likeness (QED) is 0.498. The standard InChI is InChI=1S/C26H30ClN3O2/c27-25-13-7-12-23(28-25)19-32-20-24(31)18-29-14-16-30(17-15-29)26(21-8-3-1-4-9-21)22-10-5-2-6-11-22/h1-13,24,26,31H,14-20H2. The van der Waals surface area contributed by atoms with Crippen LogP contribution in [0, 0.1) is 0 Å². The highest BCUT2D eigenvalue weighted by molar-refractivity contribution is 6.29. The summed E-state index contributed by atoms with van der Waals surface area (Å²) >= 11 is 5.90. The lowest BCUT2D eigenvalue weighted by atomic mass is 9.96. The summed E-state index contributed by atoms with van der Waals surface area (Å²) in [5.74, 6) is 0. The average Bonchev–Trinajstić information content (AvgIpc) is 2.82. The first-order chi connectivity index (χ1) is 15.7. The van der Waals surface area contributed by atoms with Crippen LogP contribution in [-0.2, 0) is 11.3 Å². The minimum Gasteiger partial charge on any atom is -0.389 e. The summed E-state index contributed by atoms with van der Waals surface area (Å²) in [6.07, 6.45) is -0.528. The predicted molar refractivity (Wildman–Crippen MR) is 128 cm³/mol. The number of β-amino-alcohol motifs (C(OH)–C–C–N with tert-alkyl or cyclic N) is 1. The summed E-state index contributed by atoms with van der Waals surface area (Å²) in [5.41, 5.74) is 3.40. The Labute approximate surface area is 195 Å². The Bertz CT molecular complexity index is 910. The maximum atomic E-state index is 10.4. The van der Waals surface area contributed by atoms with E-state index >= 15 is 0 Å². The van der Waals surface area contributed by atoms with E-state index in [1.54, 1.807) is 6.07 Å². The van der Waals surface area contributed by atoms with Gasteiger partial charge in [-0.3, -0.25) is 9.80 Å². The molecule has 4 rings (SSSR count). The predicted octanol–water partition coefficient (Wildman–Crippen LogP) is 4.02. The van der Waals surface area contributed by atoms with Crippen molar-refractivity contribution in [2.24, 2.45) is 0 Å². The van der Waals surface area contributed by atoms with E-state index in [0.29, 0.717) is 18.3 Å². The van der Waals surface area contributed by atoms with Gasteiger partial charge in [-0.05, 0) is 23.3 Å². The zero-order chi connectivity index (χ0) is 22.2. The molecule has 6 heteroatoms. The van der Waals surface area contributed by atoms with Gasteiger partial charge in [0.25, 0.3) is 0 Å². The molecule has 0 spiro atoms. The van der Waals surface area contributed by atoms with Gasteiger partial charge in [0.05, 0.1) is 31.1 Å². The lowest BCUT2D eigenvalue weighted by Gasteiger charge is -2.40. The summed E-state index contributed by atoms with van der Waals surface area (Å²) < 4.78 is 5.64. The van der Waals surface area contributed by atoms with Crippen molar-refractivity contribution >= 4 is 11.6 Å². The summed E-state index contributed by atoms with van der Waals surface area (Å²) in [6, 6.07) is 27.1. The number of halogens is 1. The van der Waals surface area contributed by atoms with Gasteiger partial charge in [0.2, 0.25) is 0 Å². The minimum absolute atomic E-state index is 0.248. The molecular weight excluding hydrogens is 422 g/mol. The van der Waals surface area contributed by atoms with Gasteiger partial charge >= 0.3 is 0 Å². The molecule has 1 N–H and O–H groups in total. The maximum absolute atomic E-state index is 10.4. The zero-order valence-electron chi connectivity index (χ0n) is 18.2. The first kappa shape index (κ1) is 22.9. The fourth-order valence-corrected chi connectivity index (χ4v) is 4.45. The van der Waals surface area contributed by atoms with Gasteiger partial charge < -0.3 is 9.84 Å². The summed E-state index contributed by atoms with van der Waals surface area (Å²) in [4.78, 5) is 9.05. The van der Waals surface area contributed by atoms with Crippen LogP contribution in [-0.4, -0.2) is 65.3 Å². The minimum atomic E-state index is -0.528. The van der Waals surface area contributed by atoms with Crippen LogP contribution in [0.5, 0.6) is 0 Å². The number of aromatic nitrogens is 1. The topological polar surface area (TPSA) is 48.8 Å². The SMILES string of the molecule is OC(COCc1cccc(Cl)n1)CN1CCN(C(c2ccccc2)c2ccccc2)CC1. The van der Waals surface area contributed by atoms with Crippen LogP contribution in [0.2, 0.25) is 5.15 Å². The first-order valence-electron chi connectivity index (χ1n) is 11.1. The highest BCUT2D eigenvalue weighted by Crippen LogP contribution is 2.29. The van der Waals surface area contributed by atoms with Gasteiger partial charge in [-0.2, -0.15) is 0 Å². The van der Waals surface area contributed by atoms with Gasteiger partial charge in [0, 0.05) is 32.7 Å². The van der Waals surface area contributed by atoms with Crippen molar-refractivity contribution in [2.45, 2.75) is 18.8 Å². The first-order valence-corrected chi connectivity index (χ1v) is 11.5. The number of benzene rings is 2. The number of ether oxygens (including phenoxy) is 1. The lowest BCUT2D eigenvalue weighted by Crippen LogP contribution is -2.50. The van der Waals surface area contributed by atoms with Crippen LogP contribution in [0.3, 0.4) is 0 Å². The Morgan fingerprint density at radius 3 is 2.06 bits per heavy atom. The highest BCUT2D eigenvalue weighted by atomic mass is 35.5. The number of piperazine rings is 1. The molecule has 1 aromatic heterocycles. The second-order valence-electron chi connectivity index (χ2n) is 8.18. The fraction of sp³-hybridized carbons (Fsp3) is 0.346. The van der Waals surface area contributed by atoms with Crippen molar-refractivity contribution in [3.63, 3.8) is 0 Å². The molecule has 2 aromatic carbocycles. The Balaban J connectivity index is 1.28. The number of aliphatic hydroxyl groups excluding tert-OH is 1. The van der Waals surface area contributed by atoms with E-state index in [-0.39, 0.29) is 12.6 Å².